The number of carbonyl (C=O) groups excluding carboxylic acids is 2. The summed E-state index contributed by atoms with van der Waals surface area (Å²) in [6.45, 7) is 7.31. The number of carbonyl (C=O) groups is 2. The van der Waals surface area contributed by atoms with Gasteiger partial charge in [-0.1, -0.05) is 56.1 Å². The van der Waals surface area contributed by atoms with Crippen molar-refractivity contribution in [1.29, 1.82) is 0 Å². The lowest BCUT2D eigenvalue weighted by Gasteiger charge is -2.22. The van der Waals surface area contributed by atoms with Crippen LogP contribution in [0.5, 0.6) is 0 Å². The number of amides is 2. The lowest BCUT2D eigenvalue weighted by Crippen LogP contribution is -2.34. The van der Waals surface area contributed by atoms with Crippen molar-refractivity contribution in [2.75, 3.05) is 18.0 Å². The van der Waals surface area contributed by atoms with Gasteiger partial charge in [0.1, 0.15) is 5.82 Å². The summed E-state index contributed by atoms with van der Waals surface area (Å²) in [6.07, 6.45) is -0.00413. The molecule has 2 aromatic carbocycles. The van der Waals surface area contributed by atoms with E-state index in [4.69, 9.17) is 28.2 Å². The highest BCUT2D eigenvalue weighted by Crippen LogP contribution is 2.36. The molecule has 1 aliphatic heterocycles. The monoisotopic (exact) mass is 661 g/mol. The fraction of sp³-hybridized carbons (Fsp3) is 0.406. The molecule has 1 aliphatic rings. The first-order valence-electron chi connectivity index (χ1n) is 14.3. The molecule has 234 valence electrons. The van der Waals surface area contributed by atoms with Crippen LogP contribution in [0.3, 0.4) is 0 Å². The first-order valence-corrected chi connectivity index (χ1v) is 16.0. The number of aryl methyl sites for hydroxylation is 1. The average Bonchev–Trinajstić information content (AvgIpc) is 3.69. The number of benzene rings is 2. The molecule has 2 N–H and O–H groups in total. The van der Waals surface area contributed by atoms with E-state index in [1.807, 2.05) is 56.8 Å². The molecule has 0 bridgehead atoms. The maximum Gasteiger partial charge on any atom is 0.266 e. The lowest BCUT2D eigenvalue weighted by atomic mass is 9.95. The third-order valence-corrected chi connectivity index (χ3v) is 9.76. The summed E-state index contributed by atoms with van der Waals surface area (Å²) < 4.78 is 30.5. The van der Waals surface area contributed by atoms with Gasteiger partial charge in [0, 0.05) is 48.3 Å². The van der Waals surface area contributed by atoms with E-state index in [0.717, 1.165) is 10.4 Å². The second kappa shape index (κ2) is 12.3. The summed E-state index contributed by atoms with van der Waals surface area (Å²) in [4.78, 5) is 33.4. The minimum absolute atomic E-state index is 0.100. The zero-order chi connectivity index (χ0) is 32.0. The molecule has 12 heteroatoms. The van der Waals surface area contributed by atoms with Gasteiger partial charge in [-0.3, -0.25) is 9.59 Å². The van der Waals surface area contributed by atoms with Crippen LogP contribution in [0.4, 0.5) is 14.5 Å². The first kappa shape index (κ1) is 32.2. The predicted molar refractivity (Wildman–Crippen MR) is 173 cm³/mol. The molecule has 5 rings (SSSR count). The summed E-state index contributed by atoms with van der Waals surface area (Å²) in [6, 6.07) is 10.6. The van der Waals surface area contributed by atoms with E-state index >= 15 is 0 Å². The van der Waals surface area contributed by atoms with Gasteiger partial charge in [-0.25, -0.2) is 13.8 Å². The molecule has 1 fully saturated rings. The number of halogens is 4. The maximum absolute atomic E-state index is 14.3. The van der Waals surface area contributed by atoms with Crippen molar-refractivity contribution in [3.8, 4) is 0 Å². The van der Waals surface area contributed by atoms with Crippen molar-refractivity contribution >= 4 is 63.1 Å². The number of nitrogens with zero attached hydrogens (tertiary/aromatic N) is 3. The van der Waals surface area contributed by atoms with Crippen LogP contribution in [-0.2, 0) is 24.8 Å². The molecule has 4 aromatic rings. The number of rotatable bonds is 8. The topological polar surface area (TPSA) is 79.3 Å². The van der Waals surface area contributed by atoms with Crippen molar-refractivity contribution in [3.05, 3.63) is 79.2 Å². The van der Waals surface area contributed by atoms with Gasteiger partial charge in [0.05, 0.1) is 39.9 Å². The Bertz CT molecular complexity index is 1720. The Morgan fingerprint density at radius 2 is 1.93 bits per heavy atom. The van der Waals surface area contributed by atoms with Crippen LogP contribution in [-0.4, -0.2) is 40.4 Å². The van der Waals surface area contributed by atoms with Crippen LogP contribution < -0.4 is 15.5 Å². The number of hydrogen-bond donors (Lipinski definition) is 2. The molecule has 1 atom stereocenters. The Morgan fingerprint density at radius 1 is 1.18 bits per heavy atom. The first-order chi connectivity index (χ1) is 20.6. The molecule has 0 aliphatic carbocycles. The van der Waals surface area contributed by atoms with E-state index in [2.05, 4.69) is 10.6 Å². The molecule has 0 spiro atoms. The van der Waals surface area contributed by atoms with Gasteiger partial charge >= 0.3 is 0 Å². The Morgan fingerprint density at radius 3 is 2.57 bits per heavy atom. The molecule has 2 amide bonds. The Kier molecular flexibility index (Phi) is 8.99. The van der Waals surface area contributed by atoms with Gasteiger partial charge in [-0.05, 0) is 47.7 Å². The van der Waals surface area contributed by atoms with E-state index in [1.54, 1.807) is 29.2 Å². The van der Waals surface area contributed by atoms with Gasteiger partial charge in [-0.15, -0.1) is 11.3 Å². The van der Waals surface area contributed by atoms with Gasteiger partial charge in [-0.2, -0.15) is 0 Å². The van der Waals surface area contributed by atoms with Crippen LogP contribution in [0.15, 0.2) is 41.8 Å². The Hall–Kier alpha value is -3.21. The van der Waals surface area contributed by atoms with Crippen molar-refractivity contribution in [3.63, 3.8) is 0 Å². The molecule has 7 nitrogen and oxygen atoms in total. The number of nitrogens with one attached hydrogen (secondary N) is 2. The van der Waals surface area contributed by atoms with Gasteiger partial charge in [0.25, 0.3) is 11.8 Å². The third kappa shape index (κ3) is 6.72. The van der Waals surface area contributed by atoms with E-state index in [-0.39, 0.29) is 49.4 Å². The average molecular weight is 663 g/mol. The van der Waals surface area contributed by atoms with Gasteiger partial charge in [0.15, 0.2) is 0 Å². The molecule has 2 aromatic heterocycles. The molecule has 3 heterocycles. The largest absolute Gasteiger partial charge is 0.365 e. The van der Waals surface area contributed by atoms with Crippen molar-refractivity contribution in [2.45, 2.75) is 59.0 Å². The van der Waals surface area contributed by atoms with E-state index in [9.17, 15) is 18.4 Å². The minimum Gasteiger partial charge on any atom is -0.365 e. The SMILES string of the molecule is CC(NC(=O)c1cc2nc(Cc3c(Cl)ccc(CNC(=O)C(C)(C)C)c3Cl)n(C)c2cc1N1CCC(F)(F)C1)c1cccs1. The normalized spacial score (nSPS) is 15.5. The van der Waals surface area contributed by atoms with Crippen molar-refractivity contribution in [2.24, 2.45) is 12.5 Å². The molecule has 0 saturated carbocycles. The number of fused-ring (bicyclic) bond motifs is 1. The van der Waals surface area contributed by atoms with Gasteiger partial charge < -0.3 is 20.1 Å². The lowest BCUT2D eigenvalue weighted by molar-refractivity contribution is -0.128. The summed E-state index contributed by atoms with van der Waals surface area (Å²) in [5.41, 5.74) is 2.79. The molecular formula is C32H35Cl2F2N5O2S. The highest BCUT2D eigenvalue weighted by molar-refractivity contribution is 7.10. The number of thiophene rings is 1. The van der Waals surface area contributed by atoms with Crippen LogP contribution in [0, 0.1) is 5.41 Å². The number of imidazole rings is 1. The Balaban J connectivity index is 1.50. The van der Waals surface area contributed by atoms with E-state index < -0.39 is 17.9 Å². The number of alkyl halides is 2. The molecule has 1 unspecified atom stereocenters. The number of aromatic nitrogens is 2. The summed E-state index contributed by atoms with van der Waals surface area (Å²) in [5, 5.41) is 8.76. The summed E-state index contributed by atoms with van der Waals surface area (Å²) in [5.74, 6) is -2.67. The minimum atomic E-state index is -2.84. The third-order valence-electron chi connectivity index (χ3n) is 7.88. The van der Waals surface area contributed by atoms with Crippen LogP contribution >= 0.6 is 34.5 Å². The smallest absolute Gasteiger partial charge is 0.266 e. The van der Waals surface area contributed by atoms with Crippen molar-refractivity contribution in [1.82, 2.24) is 20.2 Å². The summed E-state index contributed by atoms with van der Waals surface area (Å²) in [7, 11) is 1.83. The summed E-state index contributed by atoms with van der Waals surface area (Å²) >= 11 is 14.9. The van der Waals surface area contributed by atoms with Crippen LogP contribution in [0.1, 0.15) is 72.3 Å². The fourth-order valence-corrected chi connectivity index (χ4v) is 6.55. The van der Waals surface area contributed by atoms with Crippen LogP contribution in [0.25, 0.3) is 11.0 Å². The zero-order valence-electron chi connectivity index (χ0n) is 25.2. The highest BCUT2D eigenvalue weighted by atomic mass is 35.5. The highest BCUT2D eigenvalue weighted by Gasteiger charge is 2.39. The van der Waals surface area contributed by atoms with E-state index in [0.29, 0.717) is 38.2 Å². The zero-order valence-corrected chi connectivity index (χ0v) is 27.6. The number of anilines is 1. The standard InChI is InChI=1S/C32H35Cl2F2N5O2S/c1-18(26-7-6-12-44-26)38-29(42)21-13-23-25(15-24(21)41-11-10-32(35,36)17-41)40(5)27(39-23)14-20-22(33)9-8-19(28(20)34)16-37-30(43)31(2,3)4/h6-9,12-13,15,18H,10-11,14,16-17H2,1-5H3,(H,37,43)(H,38,42). The second-order valence-corrected chi connectivity index (χ2v) is 14.1. The van der Waals surface area contributed by atoms with E-state index in [1.165, 1.54) is 11.3 Å². The second-order valence-electron chi connectivity index (χ2n) is 12.3. The fourth-order valence-electron chi connectivity index (χ4n) is 5.25. The molecular weight excluding hydrogens is 627 g/mol. The predicted octanol–water partition coefficient (Wildman–Crippen LogP) is 7.53. The molecule has 0 radical (unpaired) electrons. The quantitative estimate of drug-likeness (QED) is 0.205. The van der Waals surface area contributed by atoms with Crippen molar-refractivity contribution < 1.29 is 18.4 Å². The van der Waals surface area contributed by atoms with Crippen LogP contribution in [0.2, 0.25) is 10.0 Å². The number of hydrogen-bond acceptors (Lipinski definition) is 5. The van der Waals surface area contributed by atoms with Gasteiger partial charge in [0.2, 0.25) is 5.91 Å². The maximum atomic E-state index is 14.3. The molecule has 1 saturated heterocycles. The Labute approximate surface area is 269 Å². The molecule has 44 heavy (non-hydrogen) atoms.